The van der Waals surface area contributed by atoms with Crippen LogP contribution in [0.2, 0.25) is 0 Å². The molecule has 2 fully saturated rings. The van der Waals surface area contributed by atoms with Gasteiger partial charge in [-0.05, 0) is 37.5 Å². The molecule has 2 rings (SSSR count). The van der Waals surface area contributed by atoms with Gasteiger partial charge >= 0.3 is 6.18 Å². The van der Waals surface area contributed by atoms with Crippen LogP contribution in [0.3, 0.4) is 0 Å². The number of fused-ring (bicyclic) bond motifs is 2. The summed E-state index contributed by atoms with van der Waals surface area (Å²) in [4.78, 5) is 0. The molecule has 1 nitrogen and oxygen atoms in total. The number of rotatable bonds is 0. The second-order valence-electron chi connectivity index (χ2n) is 4.00. The van der Waals surface area contributed by atoms with Gasteiger partial charge in [-0.1, -0.05) is 0 Å². The van der Waals surface area contributed by atoms with Crippen LogP contribution in [0.25, 0.3) is 0 Å². The van der Waals surface area contributed by atoms with Crippen LogP contribution >= 0.6 is 0 Å². The average molecular weight is 180 g/mol. The van der Waals surface area contributed by atoms with Gasteiger partial charge in [0.05, 0.1) is 0 Å². The highest BCUT2D eigenvalue weighted by Crippen LogP contribution is 2.56. The summed E-state index contributed by atoms with van der Waals surface area (Å²) in [6, 6.07) is 0. The van der Waals surface area contributed by atoms with Crippen LogP contribution in [-0.4, -0.2) is 16.9 Å². The van der Waals surface area contributed by atoms with Crippen molar-refractivity contribution in [3.63, 3.8) is 0 Å². The largest absolute Gasteiger partial charge is 0.417 e. The molecule has 0 unspecified atom stereocenters. The molecular formula is C8H11F3O. The van der Waals surface area contributed by atoms with Crippen LogP contribution < -0.4 is 0 Å². The molecule has 0 saturated heterocycles. The Morgan fingerprint density at radius 2 is 1.92 bits per heavy atom. The second kappa shape index (κ2) is 2.16. The third kappa shape index (κ3) is 0.903. The van der Waals surface area contributed by atoms with Crippen molar-refractivity contribution in [2.45, 2.75) is 37.5 Å². The van der Waals surface area contributed by atoms with E-state index in [0.29, 0.717) is 12.8 Å². The van der Waals surface area contributed by atoms with Gasteiger partial charge in [0.15, 0.2) is 5.60 Å². The molecule has 0 aromatic heterocycles. The number of aliphatic hydroxyl groups is 1. The number of hydrogen-bond donors (Lipinski definition) is 1. The first-order valence-electron chi connectivity index (χ1n) is 4.22. The van der Waals surface area contributed by atoms with Crippen molar-refractivity contribution in [1.29, 1.82) is 0 Å². The highest BCUT2D eigenvalue weighted by atomic mass is 19.4. The summed E-state index contributed by atoms with van der Waals surface area (Å²) in [5, 5.41) is 9.39. The molecule has 0 amide bonds. The summed E-state index contributed by atoms with van der Waals surface area (Å²) < 4.78 is 37.1. The predicted molar refractivity (Wildman–Crippen MR) is 36.5 cm³/mol. The summed E-state index contributed by atoms with van der Waals surface area (Å²) in [6.45, 7) is 0. The molecule has 2 saturated carbocycles. The van der Waals surface area contributed by atoms with E-state index in [-0.39, 0.29) is 12.3 Å². The Labute approximate surface area is 68.6 Å². The molecule has 70 valence electrons. The van der Waals surface area contributed by atoms with E-state index in [1.807, 2.05) is 0 Å². The van der Waals surface area contributed by atoms with E-state index in [2.05, 4.69) is 0 Å². The lowest BCUT2D eigenvalue weighted by molar-refractivity contribution is -0.276. The fourth-order valence-electron chi connectivity index (χ4n) is 2.65. The minimum absolute atomic E-state index is 0.0683. The minimum Gasteiger partial charge on any atom is -0.380 e. The molecule has 0 aromatic carbocycles. The van der Waals surface area contributed by atoms with Crippen LogP contribution in [-0.2, 0) is 0 Å². The maximum Gasteiger partial charge on any atom is 0.417 e. The molecular weight excluding hydrogens is 169 g/mol. The van der Waals surface area contributed by atoms with Gasteiger partial charge in [0.25, 0.3) is 0 Å². The first-order chi connectivity index (χ1) is 5.43. The molecule has 4 heteroatoms. The van der Waals surface area contributed by atoms with E-state index >= 15 is 0 Å². The van der Waals surface area contributed by atoms with Crippen LogP contribution in [0, 0.1) is 11.8 Å². The summed E-state index contributed by atoms with van der Waals surface area (Å²) >= 11 is 0. The number of hydrogen-bond acceptors (Lipinski definition) is 1. The fourth-order valence-corrected chi connectivity index (χ4v) is 2.65. The Morgan fingerprint density at radius 1 is 1.25 bits per heavy atom. The van der Waals surface area contributed by atoms with E-state index in [4.69, 9.17) is 0 Å². The molecule has 0 spiro atoms. The maximum atomic E-state index is 12.4. The van der Waals surface area contributed by atoms with Crippen LogP contribution in [0.5, 0.6) is 0 Å². The quantitative estimate of drug-likeness (QED) is 0.605. The van der Waals surface area contributed by atoms with Crippen LogP contribution in [0.15, 0.2) is 0 Å². The third-order valence-electron chi connectivity index (χ3n) is 3.31. The third-order valence-corrected chi connectivity index (χ3v) is 3.31. The predicted octanol–water partition coefficient (Wildman–Crippen LogP) is 2.10. The standard InChI is InChI=1S/C8H11F3O/c9-8(10,11)7(12)4-5-1-2-6(7)3-5/h5-6,12H,1-4H2/t5-,6+,7-/m1/s1. The van der Waals surface area contributed by atoms with Crippen molar-refractivity contribution in [3.05, 3.63) is 0 Å². The molecule has 0 aliphatic heterocycles. The van der Waals surface area contributed by atoms with Crippen molar-refractivity contribution in [3.8, 4) is 0 Å². The molecule has 0 radical (unpaired) electrons. The molecule has 12 heavy (non-hydrogen) atoms. The highest BCUT2D eigenvalue weighted by molar-refractivity contribution is 5.04. The average Bonchev–Trinajstić information content (AvgIpc) is 2.43. The Kier molecular flexibility index (Phi) is 1.50. The molecule has 1 N–H and O–H groups in total. The topological polar surface area (TPSA) is 20.2 Å². The van der Waals surface area contributed by atoms with Gasteiger partial charge in [-0.2, -0.15) is 13.2 Å². The van der Waals surface area contributed by atoms with E-state index in [9.17, 15) is 18.3 Å². The van der Waals surface area contributed by atoms with E-state index in [1.54, 1.807) is 0 Å². The summed E-state index contributed by atoms with van der Waals surface area (Å²) in [5.74, 6) is -0.413. The Hall–Kier alpha value is -0.250. The molecule has 0 aromatic rings. The number of alkyl halides is 3. The van der Waals surface area contributed by atoms with Crippen molar-refractivity contribution in [2.75, 3.05) is 0 Å². The van der Waals surface area contributed by atoms with Gasteiger partial charge in [0.1, 0.15) is 0 Å². The smallest absolute Gasteiger partial charge is 0.380 e. The monoisotopic (exact) mass is 180 g/mol. The lowest BCUT2D eigenvalue weighted by atomic mass is 9.84. The first-order valence-corrected chi connectivity index (χ1v) is 4.22. The second-order valence-corrected chi connectivity index (χ2v) is 4.00. The van der Waals surface area contributed by atoms with Crippen LogP contribution in [0.4, 0.5) is 13.2 Å². The SMILES string of the molecule is O[C@]1(C(F)(F)F)C[C@@H]2CC[C@H]1C2. The van der Waals surface area contributed by atoms with Crippen molar-refractivity contribution >= 4 is 0 Å². The van der Waals surface area contributed by atoms with Crippen molar-refractivity contribution in [1.82, 2.24) is 0 Å². The van der Waals surface area contributed by atoms with Gasteiger partial charge in [0, 0.05) is 0 Å². The number of halogens is 3. The van der Waals surface area contributed by atoms with Gasteiger partial charge in [-0.3, -0.25) is 0 Å². The lowest BCUT2D eigenvalue weighted by Crippen LogP contribution is -2.49. The van der Waals surface area contributed by atoms with Gasteiger partial charge in [0.2, 0.25) is 0 Å². The van der Waals surface area contributed by atoms with Gasteiger partial charge in [-0.15, -0.1) is 0 Å². The van der Waals surface area contributed by atoms with Crippen LogP contribution in [0.1, 0.15) is 25.7 Å². The maximum absolute atomic E-state index is 12.4. The van der Waals surface area contributed by atoms with Crippen molar-refractivity contribution < 1.29 is 18.3 Å². The first kappa shape index (κ1) is 8.35. The zero-order chi connectivity index (χ0) is 8.98. The minimum atomic E-state index is -4.42. The molecule has 2 bridgehead atoms. The van der Waals surface area contributed by atoms with E-state index in [1.165, 1.54) is 0 Å². The molecule has 3 atom stereocenters. The zero-order valence-corrected chi connectivity index (χ0v) is 6.56. The zero-order valence-electron chi connectivity index (χ0n) is 6.56. The van der Waals surface area contributed by atoms with E-state index < -0.39 is 17.7 Å². The molecule has 0 heterocycles. The van der Waals surface area contributed by atoms with E-state index in [0.717, 1.165) is 6.42 Å². The van der Waals surface area contributed by atoms with Gasteiger partial charge < -0.3 is 5.11 Å². The Bertz CT molecular complexity index is 201. The van der Waals surface area contributed by atoms with Gasteiger partial charge in [-0.25, -0.2) is 0 Å². The molecule has 2 aliphatic rings. The summed E-state index contributed by atoms with van der Waals surface area (Å²) in [5.41, 5.74) is -2.35. The summed E-state index contributed by atoms with van der Waals surface area (Å²) in [7, 11) is 0. The van der Waals surface area contributed by atoms with Crippen molar-refractivity contribution in [2.24, 2.45) is 11.8 Å². The fraction of sp³-hybridized carbons (Fsp3) is 1.00. The normalized spacial score (nSPS) is 47.0. The Morgan fingerprint density at radius 3 is 2.17 bits per heavy atom. The highest BCUT2D eigenvalue weighted by Gasteiger charge is 2.64. The molecule has 2 aliphatic carbocycles. The lowest BCUT2D eigenvalue weighted by Gasteiger charge is -2.34. The summed E-state index contributed by atoms with van der Waals surface area (Å²) in [6.07, 6.45) is -2.52. The Balaban J connectivity index is 2.23.